The molecule has 0 spiro atoms. The third kappa shape index (κ3) is 3.26. The smallest absolute Gasteiger partial charge is 0.417 e. The van der Waals surface area contributed by atoms with E-state index in [1.165, 1.54) is 31.2 Å². The number of non-ortho nitro benzene ring substituents is 1. The Hall–Kier alpha value is -3.57. The minimum Gasteiger partial charge on any atom is -0.464 e. The number of halogens is 5. The summed E-state index contributed by atoms with van der Waals surface area (Å²) in [5.74, 6) is -1.41. The molecule has 3 aromatic rings. The number of imidazole rings is 1. The standard InChI is InChI=1S/C17H10F5N3O4/c1-7-4-2-3-5-8(7)11-9(17(20,21)22)6-10(25(28)29)13-12(11)23-15(14(18)19)24(13)16(26)27/h2-6,14H,1H3,(H,26,27). The van der Waals surface area contributed by atoms with Crippen molar-refractivity contribution in [2.45, 2.75) is 19.5 Å². The molecular formula is C17H10F5N3O4. The highest BCUT2D eigenvalue weighted by molar-refractivity contribution is 6.03. The second-order valence-corrected chi connectivity index (χ2v) is 5.97. The van der Waals surface area contributed by atoms with Gasteiger partial charge < -0.3 is 5.11 Å². The molecular weight excluding hydrogens is 405 g/mol. The van der Waals surface area contributed by atoms with Crippen LogP contribution in [0.5, 0.6) is 0 Å². The zero-order valence-corrected chi connectivity index (χ0v) is 14.4. The Morgan fingerprint density at radius 2 is 1.90 bits per heavy atom. The number of nitro groups is 1. The Labute approximate surface area is 158 Å². The number of carboxylic acid groups (broad SMARTS) is 1. The molecule has 12 heteroatoms. The van der Waals surface area contributed by atoms with E-state index in [2.05, 4.69) is 4.98 Å². The first-order chi connectivity index (χ1) is 13.4. The number of carbonyl (C=O) groups is 1. The number of aromatic nitrogens is 2. The predicted octanol–water partition coefficient (Wildman–Crippen LogP) is 5.40. The summed E-state index contributed by atoms with van der Waals surface area (Å²) in [6.07, 6.45) is -10.6. The van der Waals surface area contributed by atoms with E-state index in [1.807, 2.05) is 0 Å². The van der Waals surface area contributed by atoms with Crippen molar-refractivity contribution >= 4 is 22.8 Å². The van der Waals surface area contributed by atoms with Crippen molar-refractivity contribution in [2.24, 2.45) is 0 Å². The molecule has 0 saturated heterocycles. The Kier molecular flexibility index (Phi) is 4.73. The van der Waals surface area contributed by atoms with Crippen LogP contribution in [0.1, 0.15) is 23.4 Å². The number of aryl methyl sites for hydroxylation is 1. The van der Waals surface area contributed by atoms with E-state index in [0.717, 1.165) is 0 Å². The monoisotopic (exact) mass is 415 g/mol. The summed E-state index contributed by atoms with van der Waals surface area (Å²) < 4.78 is 67.8. The highest BCUT2D eigenvalue weighted by Crippen LogP contribution is 2.46. The first-order valence-corrected chi connectivity index (χ1v) is 7.83. The summed E-state index contributed by atoms with van der Waals surface area (Å²) in [4.78, 5) is 25.0. The van der Waals surface area contributed by atoms with Crippen LogP contribution in [-0.4, -0.2) is 25.7 Å². The summed E-state index contributed by atoms with van der Waals surface area (Å²) in [5, 5.41) is 20.7. The van der Waals surface area contributed by atoms with Crippen LogP contribution in [0, 0.1) is 17.0 Å². The fourth-order valence-corrected chi connectivity index (χ4v) is 3.08. The van der Waals surface area contributed by atoms with Crippen LogP contribution in [0.2, 0.25) is 0 Å². The van der Waals surface area contributed by atoms with Crippen molar-refractivity contribution in [3.63, 3.8) is 0 Å². The maximum absolute atomic E-state index is 13.7. The number of benzene rings is 2. The molecule has 3 rings (SSSR count). The average molecular weight is 415 g/mol. The van der Waals surface area contributed by atoms with Crippen LogP contribution in [0.15, 0.2) is 30.3 Å². The summed E-state index contributed by atoms with van der Waals surface area (Å²) >= 11 is 0. The van der Waals surface area contributed by atoms with Gasteiger partial charge in [-0.15, -0.1) is 0 Å². The first-order valence-electron chi connectivity index (χ1n) is 7.83. The quantitative estimate of drug-likeness (QED) is 0.351. The number of nitrogens with zero attached hydrogens (tertiary/aromatic N) is 3. The van der Waals surface area contributed by atoms with Gasteiger partial charge in [0.25, 0.3) is 12.1 Å². The zero-order valence-electron chi connectivity index (χ0n) is 14.4. The summed E-state index contributed by atoms with van der Waals surface area (Å²) in [6.45, 7) is 1.45. The van der Waals surface area contributed by atoms with Crippen LogP contribution >= 0.6 is 0 Å². The Balaban J connectivity index is 2.66. The second kappa shape index (κ2) is 6.79. The molecule has 0 amide bonds. The fraction of sp³-hybridized carbons (Fsp3) is 0.176. The number of nitro benzene ring substituents is 1. The number of fused-ring (bicyclic) bond motifs is 1. The zero-order chi connectivity index (χ0) is 21.7. The van der Waals surface area contributed by atoms with E-state index in [-0.39, 0.29) is 16.2 Å². The van der Waals surface area contributed by atoms with Gasteiger partial charge in [0.05, 0.1) is 10.5 Å². The van der Waals surface area contributed by atoms with E-state index in [1.54, 1.807) is 0 Å². The first kappa shape index (κ1) is 20.2. The maximum atomic E-state index is 13.7. The van der Waals surface area contributed by atoms with E-state index in [9.17, 15) is 42.0 Å². The molecule has 0 aliphatic rings. The second-order valence-electron chi connectivity index (χ2n) is 5.97. The molecule has 29 heavy (non-hydrogen) atoms. The molecule has 2 aromatic carbocycles. The summed E-state index contributed by atoms with van der Waals surface area (Å²) in [7, 11) is 0. The molecule has 0 saturated carbocycles. The van der Waals surface area contributed by atoms with Gasteiger partial charge in [-0.2, -0.15) is 13.2 Å². The van der Waals surface area contributed by atoms with Crippen molar-refractivity contribution in [1.82, 2.24) is 9.55 Å². The number of hydrogen-bond donors (Lipinski definition) is 1. The highest BCUT2D eigenvalue weighted by atomic mass is 19.4. The molecule has 0 fully saturated rings. The lowest BCUT2D eigenvalue weighted by Crippen LogP contribution is -2.14. The van der Waals surface area contributed by atoms with Gasteiger partial charge in [-0.25, -0.2) is 23.1 Å². The SMILES string of the molecule is Cc1ccccc1-c1c(C(F)(F)F)cc([N+](=O)[O-])c2c1nc(C(F)F)n2C(=O)O. The number of rotatable bonds is 3. The minimum absolute atomic E-state index is 0.0735. The van der Waals surface area contributed by atoms with E-state index < -0.39 is 57.3 Å². The van der Waals surface area contributed by atoms with E-state index in [4.69, 9.17) is 0 Å². The maximum Gasteiger partial charge on any atom is 0.417 e. The molecule has 0 aliphatic heterocycles. The normalized spacial score (nSPS) is 12.0. The van der Waals surface area contributed by atoms with Gasteiger partial charge in [-0.3, -0.25) is 10.1 Å². The topological polar surface area (TPSA) is 98.3 Å². The van der Waals surface area contributed by atoms with Gasteiger partial charge in [-0.05, 0) is 18.1 Å². The number of hydrogen-bond acceptors (Lipinski definition) is 4. The van der Waals surface area contributed by atoms with Crippen LogP contribution in [0.4, 0.5) is 32.4 Å². The summed E-state index contributed by atoms with van der Waals surface area (Å²) in [5.41, 5.74) is -5.07. The molecule has 1 N–H and O–H groups in total. The molecule has 0 atom stereocenters. The Bertz CT molecular complexity index is 1150. The van der Waals surface area contributed by atoms with Crippen molar-refractivity contribution in [2.75, 3.05) is 0 Å². The van der Waals surface area contributed by atoms with Crippen LogP contribution in [0.3, 0.4) is 0 Å². The third-order valence-electron chi connectivity index (χ3n) is 4.24. The summed E-state index contributed by atoms with van der Waals surface area (Å²) in [6, 6.07) is 5.76. The molecule has 152 valence electrons. The van der Waals surface area contributed by atoms with Crippen LogP contribution in [-0.2, 0) is 6.18 Å². The molecule has 7 nitrogen and oxygen atoms in total. The molecule has 1 aromatic heterocycles. The van der Waals surface area contributed by atoms with Gasteiger partial charge in [0, 0.05) is 11.6 Å². The lowest BCUT2D eigenvalue weighted by Gasteiger charge is -2.15. The molecule has 0 bridgehead atoms. The van der Waals surface area contributed by atoms with Crippen LogP contribution in [0.25, 0.3) is 22.2 Å². The predicted molar refractivity (Wildman–Crippen MR) is 89.9 cm³/mol. The Morgan fingerprint density at radius 1 is 1.28 bits per heavy atom. The van der Waals surface area contributed by atoms with Crippen LogP contribution < -0.4 is 0 Å². The molecule has 0 unspecified atom stereocenters. The minimum atomic E-state index is -5.10. The molecule has 0 radical (unpaired) electrons. The van der Waals surface area contributed by atoms with Crippen molar-refractivity contribution in [3.05, 3.63) is 57.4 Å². The lowest BCUT2D eigenvalue weighted by atomic mass is 9.93. The van der Waals surface area contributed by atoms with E-state index >= 15 is 0 Å². The van der Waals surface area contributed by atoms with Gasteiger partial charge in [0.1, 0.15) is 5.52 Å². The average Bonchev–Trinajstić information content (AvgIpc) is 3.01. The van der Waals surface area contributed by atoms with Gasteiger partial charge in [-0.1, -0.05) is 24.3 Å². The van der Waals surface area contributed by atoms with E-state index in [0.29, 0.717) is 5.56 Å². The van der Waals surface area contributed by atoms with Gasteiger partial charge in [0.15, 0.2) is 11.3 Å². The third-order valence-corrected chi connectivity index (χ3v) is 4.24. The molecule has 1 heterocycles. The lowest BCUT2D eigenvalue weighted by molar-refractivity contribution is -0.383. The van der Waals surface area contributed by atoms with Gasteiger partial charge in [0.2, 0.25) is 0 Å². The van der Waals surface area contributed by atoms with Crippen molar-refractivity contribution in [1.29, 1.82) is 0 Å². The van der Waals surface area contributed by atoms with Gasteiger partial charge >= 0.3 is 12.3 Å². The largest absolute Gasteiger partial charge is 0.464 e. The molecule has 0 aliphatic carbocycles. The fourth-order valence-electron chi connectivity index (χ4n) is 3.08. The Morgan fingerprint density at radius 3 is 2.38 bits per heavy atom. The van der Waals surface area contributed by atoms with Crippen molar-refractivity contribution in [3.8, 4) is 11.1 Å². The number of alkyl halides is 5. The van der Waals surface area contributed by atoms with Crippen molar-refractivity contribution < 1.29 is 36.8 Å². The highest BCUT2D eigenvalue weighted by Gasteiger charge is 2.40.